The van der Waals surface area contributed by atoms with E-state index in [1.54, 1.807) is 0 Å². The van der Waals surface area contributed by atoms with Crippen molar-refractivity contribution in [2.24, 2.45) is 0 Å². The molecule has 0 aromatic rings. The van der Waals surface area contributed by atoms with Crippen LogP contribution in [0.3, 0.4) is 0 Å². The van der Waals surface area contributed by atoms with Crippen molar-refractivity contribution in [1.29, 1.82) is 0 Å². The molecule has 0 unspecified atom stereocenters. The molecule has 0 aliphatic carbocycles. The Bertz CT molecular complexity index is 228. The van der Waals surface area contributed by atoms with Crippen molar-refractivity contribution in [2.45, 2.75) is 76.8 Å². The van der Waals surface area contributed by atoms with Gasteiger partial charge in [0.1, 0.15) is 0 Å². The Morgan fingerprint density at radius 3 is 1.75 bits per heavy atom. The van der Waals surface area contributed by atoms with Gasteiger partial charge in [0.25, 0.3) is 0 Å². The van der Waals surface area contributed by atoms with Gasteiger partial charge in [0, 0.05) is 6.42 Å². The number of unbranched alkanes of at least 4 members (excludes halogenated alkanes) is 6. The molecule has 122 valence electrons. The predicted molar refractivity (Wildman–Crippen MR) is 71.1 cm³/mol. The summed E-state index contributed by atoms with van der Waals surface area (Å²) in [4.78, 5) is 0. The second kappa shape index (κ2) is 10.4. The highest BCUT2D eigenvalue weighted by Gasteiger charge is 2.56. The van der Waals surface area contributed by atoms with Crippen LogP contribution >= 0.6 is 0 Å². The highest BCUT2D eigenvalue weighted by Crippen LogP contribution is 2.38. The number of nitrogens with one attached hydrogen (secondary N) is 1. The molecule has 0 atom stereocenters. The van der Waals surface area contributed by atoms with Gasteiger partial charge in [-0.3, -0.25) is 0 Å². The maximum atomic E-state index is 12.6. The lowest BCUT2D eigenvalue weighted by Crippen LogP contribution is -2.36. The number of alkyl halides is 5. The number of hydrogen-bond donors (Lipinski definition) is 1. The van der Waals surface area contributed by atoms with E-state index >= 15 is 0 Å². The lowest BCUT2D eigenvalue weighted by Gasteiger charge is -2.19. The van der Waals surface area contributed by atoms with Crippen molar-refractivity contribution >= 4 is 0 Å². The van der Waals surface area contributed by atoms with Crippen LogP contribution in [0.4, 0.5) is 22.0 Å². The summed E-state index contributed by atoms with van der Waals surface area (Å²) in [7, 11) is 0. The average Bonchev–Trinajstić information content (AvgIpc) is 2.34. The smallest absolute Gasteiger partial charge is 0.317 e. The van der Waals surface area contributed by atoms with Crippen molar-refractivity contribution in [1.82, 2.24) is 5.32 Å². The fraction of sp³-hybridized carbons (Fsp3) is 1.00. The zero-order chi connectivity index (χ0) is 15.5. The molecule has 0 saturated carbocycles. The van der Waals surface area contributed by atoms with Crippen LogP contribution in [-0.2, 0) is 0 Å². The molecule has 20 heavy (non-hydrogen) atoms. The van der Waals surface area contributed by atoms with E-state index in [0.29, 0.717) is 6.54 Å². The Kier molecular flexibility index (Phi) is 10.2. The minimum atomic E-state index is -5.43. The van der Waals surface area contributed by atoms with Crippen LogP contribution in [0.25, 0.3) is 0 Å². The van der Waals surface area contributed by atoms with E-state index in [9.17, 15) is 22.0 Å². The Morgan fingerprint density at radius 1 is 0.700 bits per heavy atom. The first-order chi connectivity index (χ1) is 9.31. The first-order valence-corrected chi connectivity index (χ1v) is 7.46. The standard InChI is InChI=1S/C14H26F5N/c1-2-3-4-5-6-7-8-11-20-12-9-10-13(15,16)14(17,18)19/h20H,2-12H2,1H3. The monoisotopic (exact) mass is 303 g/mol. The van der Waals surface area contributed by atoms with Crippen LogP contribution < -0.4 is 5.32 Å². The molecule has 0 aromatic heterocycles. The topological polar surface area (TPSA) is 12.0 Å². The molecule has 0 spiro atoms. The van der Waals surface area contributed by atoms with Crippen LogP contribution in [0, 0.1) is 0 Å². The van der Waals surface area contributed by atoms with E-state index in [0.717, 1.165) is 19.3 Å². The van der Waals surface area contributed by atoms with Gasteiger partial charge >= 0.3 is 12.1 Å². The Balaban J connectivity index is 3.33. The summed E-state index contributed by atoms with van der Waals surface area (Å²) in [5.41, 5.74) is 0. The lowest BCUT2D eigenvalue weighted by molar-refractivity contribution is -0.284. The van der Waals surface area contributed by atoms with Crippen molar-refractivity contribution in [3.8, 4) is 0 Å². The third kappa shape index (κ3) is 9.50. The molecule has 0 bridgehead atoms. The summed E-state index contributed by atoms with van der Waals surface area (Å²) >= 11 is 0. The fourth-order valence-corrected chi connectivity index (χ4v) is 1.91. The summed E-state index contributed by atoms with van der Waals surface area (Å²) in [5.74, 6) is -4.56. The predicted octanol–water partition coefficient (Wildman–Crippen LogP) is 5.30. The number of halogens is 5. The quantitative estimate of drug-likeness (QED) is 0.381. The van der Waals surface area contributed by atoms with Crippen molar-refractivity contribution in [3.05, 3.63) is 0 Å². The van der Waals surface area contributed by atoms with Gasteiger partial charge in [-0.2, -0.15) is 22.0 Å². The molecular formula is C14H26F5N. The van der Waals surface area contributed by atoms with Gasteiger partial charge in [0.05, 0.1) is 0 Å². The summed E-state index contributed by atoms with van der Waals surface area (Å²) in [6.45, 7) is 3.05. The molecule has 0 rings (SSSR count). The van der Waals surface area contributed by atoms with Crippen molar-refractivity contribution in [3.63, 3.8) is 0 Å². The van der Waals surface area contributed by atoms with Crippen molar-refractivity contribution in [2.75, 3.05) is 13.1 Å². The maximum absolute atomic E-state index is 12.6. The zero-order valence-corrected chi connectivity index (χ0v) is 12.2. The molecule has 0 radical (unpaired) electrons. The van der Waals surface area contributed by atoms with Gasteiger partial charge in [-0.1, -0.05) is 45.4 Å². The van der Waals surface area contributed by atoms with E-state index in [2.05, 4.69) is 12.2 Å². The maximum Gasteiger partial charge on any atom is 0.453 e. The normalized spacial score (nSPS) is 12.9. The molecule has 0 heterocycles. The summed E-state index contributed by atoms with van der Waals surface area (Å²) < 4.78 is 60.7. The minimum Gasteiger partial charge on any atom is -0.317 e. The van der Waals surface area contributed by atoms with Crippen LogP contribution in [0.5, 0.6) is 0 Å². The highest BCUT2D eigenvalue weighted by atomic mass is 19.4. The van der Waals surface area contributed by atoms with Crippen LogP contribution in [-0.4, -0.2) is 25.2 Å². The fourth-order valence-electron chi connectivity index (χ4n) is 1.91. The second-order valence-electron chi connectivity index (χ2n) is 5.18. The van der Waals surface area contributed by atoms with Crippen molar-refractivity contribution < 1.29 is 22.0 Å². The molecule has 0 amide bonds. The molecule has 1 N–H and O–H groups in total. The third-order valence-electron chi connectivity index (χ3n) is 3.22. The van der Waals surface area contributed by atoms with E-state index in [1.807, 2.05) is 0 Å². The molecule has 0 aliphatic heterocycles. The molecular weight excluding hydrogens is 277 g/mol. The Labute approximate surface area is 118 Å². The Hall–Kier alpha value is -0.390. The summed E-state index contributed by atoms with van der Waals surface area (Å²) in [6, 6.07) is 0. The molecule has 0 aliphatic rings. The van der Waals surface area contributed by atoms with Crippen LogP contribution in [0.1, 0.15) is 64.7 Å². The molecule has 0 aromatic carbocycles. The number of hydrogen-bond acceptors (Lipinski definition) is 1. The lowest BCUT2D eigenvalue weighted by atomic mass is 10.1. The highest BCUT2D eigenvalue weighted by molar-refractivity contribution is 4.75. The SMILES string of the molecule is CCCCCCCCCNCCCC(F)(F)C(F)(F)F. The van der Waals surface area contributed by atoms with Gasteiger partial charge < -0.3 is 5.32 Å². The van der Waals surface area contributed by atoms with Crippen LogP contribution in [0.15, 0.2) is 0 Å². The summed E-state index contributed by atoms with van der Waals surface area (Å²) in [5, 5.41) is 2.91. The average molecular weight is 303 g/mol. The van der Waals surface area contributed by atoms with E-state index < -0.39 is 18.5 Å². The third-order valence-corrected chi connectivity index (χ3v) is 3.22. The van der Waals surface area contributed by atoms with Gasteiger partial charge in [0.15, 0.2) is 0 Å². The van der Waals surface area contributed by atoms with Gasteiger partial charge in [-0.25, -0.2) is 0 Å². The number of rotatable bonds is 12. The first-order valence-electron chi connectivity index (χ1n) is 7.46. The minimum absolute atomic E-state index is 0.164. The first kappa shape index (κ1) is 19.6. The largest absolute Gasteiger partial charge is 0.453 e. The van der Waals surface area contributed by atoms with Gasteiger partial charge in [-0.05, 0) is 25.9 Å². The molecule has 0 saturated heterocycles. The zero-order valence-electron chi connectivity index (χ0n) is 12.2. The molecule has 0 fully saturated rings. The summed E-state index contributed by atoms with van der Waals surface area (Å²) in [6.07, 6.45) is 1.39. The Morgan fingerprint density at radius 2 is 1.20 bits per heavy atom. The van der Waals surface area contributed by atoms with E-state index in [4.69, 9.17) is 0 Å². The second-order valence-corrected chi connectivity index (χ2v) is 5.18. The van der Waals surface area contributed by atoms with Gasteiger partial charge in [0.2, 0.25) is 0 Å². The molecule has 6 heteroatoms. The molecule has 1 nitrogen and oxygen atoms in total. The van der Waals surface area contributed by atoms with Crippen LogP contribution in [0.2, 0.25) is 0 Å². The van der Waals surface area contributed by atoms with Gasteiger partial charge in [-0.15, -0.1) is 0 Å². The van der Waals surface area contributed by atoms with E-state index in [-0.39, 0.29) is 13.0 Å². The van der Waals surface area contributed by atoms with E-state index in [1.165, 1.54) is 25.7 Å².